The van der Waals surface area contributed by atoms with Crippen molar-refractivity contribution in [3.63, 3.8) is 0 Å². The molecule has 0 N–H and O–H groups in total. The van der Waals surface area contributed by atoms with E-state index in [1.807, 2.05) is 25.1 Å². The molecule has 0 aliphatic heterocycles. The minimum atomic E-state index is -3.71. The first kappa shape index (κ1) is 18.3. The van der Waals surface area contributed by atoms with Gasteiger partial charge in [-0.1, -0.05) is 35.6 Å². The Labute approximate surface area is 155 Å². The molecule has 3 aromatic rings. The van der Waals surface area contributed by atoms with E-state index in [4.69, 9.17) is 4.74 Å². The summed E-state index contributed by atoms with van der Waals surface area (Å²) in [6, 6.07) is 13.5. The number of para-hydroxylation sites is 1. The van der Waals surface area contributed by atoms with Crippen LogP contribution in [0.25, 0.3) is 10.2 Å². The molecule has 0 saturated carbocycles. The van der Waals surface area contributed by atoms with Crippen LogP contribution in [0.4, 0.5) is 0 Å². The molecular weight excluding hydrogens is 372 g/mol. The molecule has 0 aliphatic rings. The zero-order valence-electron chi connectivity index (χ0n) is 14.4. The topological polar surface area (TPSA) is 77.7 Å². The van der Waals surface area contributed by atoms with Gasteiger partial charge < -0.3 is 9.30 Å². The Morgan fingerprint density at radius 3 is 2.58 bits per heavy atom. The highest BCUT2D eigenvalue weighted by Gasteiger charge is 2.19. The van der Waals surface area contributed by atoms with Crippen molar-refractivity contribution in [2.75, 3.05) is 12.4 Å². The van der Waals surface area contributed by atoms with Crippen molar-refractivity contribution in [1.29, 1.82) is 0 Å². The summed E-state index contributed by atoms with van der Waals surface area (Å²) in [6.45, 7) is 2.42. The molecular formula is C18H18N2O4S2. The lowest BCUT2D eigenvalue weighted by atomic mass is 10.3. The number of amides is 1. The van der Waals surface area contributed by atoms with Crippen LogP contribution in [0.5, 0.6) is 5.75 Å². The lowest BCUT2D eigenvalue weighted by Crippen LogP contribution is -2.19. The van der Waals surface area contributed by atoms with Gasteiger partial charge in [-0.2, -0.15) is 4.99 Å². The quantitative estimate of drug-likeness (QED) is 0.671. The van der Waals surface area contributed by atoms with E-state index < -0.39 is 21.5 Å². The van der Waals surface area contributed by atoms with Gasteiger partial charge >= 0.3 is 0 Å². The summed E-state index contributed by atoms with van der Waals surface area (Å²) in [7, 11) is -1.93. The van der Waals surface area contributed by atoms with Gasteiger partial charge in [-0.3, -0.25) is 4.79 Å². The second-order valence-electron chi connectivity index (χ2n) is 5.56. The number of thiazole rings is 1. The lowest BCUT2D eigenvalue weighted by Gasteiger charge is -2.05. The van der Waals surface area contributed by atoms with Crippen molar-refractivity contribution in [1.82, 2.24) is 4.57 Å². The summed E-state index contributed by atoms with van der Waals surface area (Å²) < 4.78 is 32.9. The number of fused-ring (bicyclic) bond motifs is 1. The van der Waals surface area contributed by atoms with Gasteiger partial charge in [0.2, 0.25) is 0 Å². The first-order chi connectivity index (χ1) is 12.4. The van der Waals surface area contributed by atoms with Gasteiger partial charge in [0.1, 0.15) is 17.0 Å². The van der Waals surface area contributed by atoms with Crippen LogP contribution in [0.1, 0.15) is 6.92 Å². The van der Waals surface area contributed by atoms with Gasteiger partial charge in [-0.25, -0.2) is 8.42 Å². The second-order valence-corrected chi connectivity index (χ2v) is 8.56. The Balaban J connectivity index is 1.96. The molecule has 6 nitrogen and oxygen atoms in total. The molecule has 3 rings (SSSR count). The van der Waals surface area contributed by atoms with Crippen LogP contribution in [0.15, 0.2) is 58.4 Å². The van der Waals surface area contributed by atoms with Crippen LogP contribution >= 0.6 is 11.3 Å². The zero-order valence-corrected chi connectivity index (χ0v) is 16.0. The Kier molecular flexibility index (Phi) is 5.24. The molecule has 1 amide bonds. The highest BCUT2D eigenvalue weighted by atomic mass is 32.2. The summed E-state index contributed by atoms with van der Waals surface area (Å²) in [5, 5.41) is 0. The van der Waals surface area contributed by atoms with E-state index in [1.54, 1.807) is 29.8 Å². The molecule has 8 heteroatoms. The van der Waals surface area contributed by atoms with Crippen molar-refractivity contribution >= 4 is 37.3 Å². The van der Waals surface area contributed by atoms with Crippen molar-refractivity contribution < 1.29 is 17.9 Å². The number of nitrogens with zero attached hydrogens (tertiary/aromatic N) is 2. The Morgan fingerprint density at radius 2 is 1.88 bits per heavy atom. The third-order valence-electron chi connectivity index (χ3n) is 3.72. The molecule has 1 aromatic heterocycles. The van der Waals surface area contributed by atoms with Crippen LogP contribution in [0.3, 0.4) is 0 Å². The summed E-state index contributed by atoms with van der Waals surface area (Å²) in [4.78, 5) is 16.8. The molecule has 0 spiro atoms. The lowest BCUT2D eigenvalue weighted by molar-refractivity contribution is -0.115. The average molecular weight is 390 g/mol. The molecule has 26 heavy (non-hydrogen) atoms. The number of hydrogen-bond acceptors (Lipinski definition) is 5. The molecule has 1 heterocycles. The number of ether oxygens (including phenoxy) is 1. The van der Waals surface area contributed by atoms with Crippen molar-refractivity contribution in [2.24, 2.45) is 12.0 Å². The maximum atomic E-state index is 12.3. The third-order valence-corrected chi connectivity index (χ3v) is 6.44. The molecule has 0 radical (unpaired) electrons. The number of benzene rings is 2. The van der Waals surface area contributed by atoms with E-state index in [1.165, 1.54) is 23.5 Å². The maximum Gasteiger partial charge on any atom is 0.263 e. The Bertz CT molecular complexity index is 1110. The summed E-state index contributed by atoms with van der Waals surface area (Å²) in [5.74, 6) is -0.660. The van der Waals surface area contributed by atoms with E-state index in [2.05, 4.69) is 4.99 Å². The highest BCUT2D eigenvalue weighted by molar-refractivity contribution is 7.92. The van der Waals surface area contributed by atoms with E-state index in [9.17, 15) is 13.2 Å². The summed E-state index contributed by atoms with van der Waals surface area (Å²) >= 11 is 1.31. The Hall–Kier alpha value is -2.45. The first-order valence-corrected chi connectivity index (χ1v) is 10.5. The first-order valence-electron chi connectivity index (χ1n) is 7.99. The fourth-order valence-corrected chi connectivity index (χ4v) is 4.74. The number of carbonyl (C=O) groups is 1. The van der Waals surface area contributed by atoms with E-state index in [0.717, 1.165) is 10.2 Å². The number of aromatic nitrogens is 1. The average Bonchev–Trinajstić information content (AvgIpc) is 2.92. The van der Waals surface area contributed by atoms with Crippen LogP contribution in [-0.4, -0.2) is 31.3 Å². The standard InChI is InChI=1S/C18H18N2O4S2/c1-3-24-14-10-7-11-15-17(14)20(2)18(25-15)19-16(21)12-26(22,23)13-8-5-4-6-9-13/h4-11H,3,12H2,1-2H3. The number of rotatable bonds is 5. The van der Waals surface area contributed by atoms with Crippen molar-refractivity contribution in [2.45, 2.75) is 11.8 Å². The van der Waals surface area contributed by atoms with Crippen LogP contribution in [-0.2, 0) is 21.7 Å². The van der Waals surface area contributed by atoms with Gasteiger partial charge in [0, 0.05) is 7.05 Å². The third kappa shape index (κ3) is 3.71. The molecule has 0 aliphatic carbocycles. The van der Waals surface area contributed by atoms with E-state index in [-0.39, 0.29) is 4.90 Å². The van der Waals surface area contributed by atoms with Crippen LogP contribution in [0, 0.1) is 0 Å². The van der Waals surface area contributed by atoms with Gasteiger partial charge in [0.05, 0.1) is 16.2 Å². The predicted octanol–water partition coefficient (Wildman–Crippen LogP) is 2.54. The van der Waals surface area contributed by atoms with Gasteiger partial charge in [-0.05, 0) is 31.2 Å². The van der Waals surface area contributed by atoms with Gasteiger partial charge in [0.25, 0.3) is 5.91 Å². The van der Waals surface area contributed by atoms with Crippen LogP contribution < -0.4 is 9.54 Å². The number of sulfone groups is 1. The molecule has 0 fully saturated rings. The fourth-order valence-electron chi connectivity index (χ4n) is 2.56. The SMILES string of the molecule is CCOc1cccc2sc(=NC(=O)CS(=O)(=O)c3ccccc3)n(C)c12. The van der Waals surface area contributed by atoms with E-state index >= 15 is 0 Å². The molecule has 2 aromatic carbocycles. The molecule has 0 bridgehead atoms. The van der Waals surface area contributed by atoms with Crippen molar-refractivity contribution in [3.8, 4) is 5.75 Å². The second kappa shape index (κ2) is 7.43. The maximum absolute atomic E-state index is 12.3. The summed E-state index contributed by atoms with van der Waals surface area (Å²) in [6.07, 6.45) is 0. The molecule has 136 valence electrons. The number of aryl methyl sites for hydroxylation is 1. The number of carbonyl (C=O) groups excluding carboxylic acids is 1. The zero-order chi connectivity index (χ0) is 18.7. The summed E-state index contributed by atoms with van der Waals surface area (Å²) in [5.41, 5.74) is 0.830. The monoisotopic (exact) mass is 390 g/mol. The van der Waals surface area contributed by atoms with E-state index in [0.29, 0.717) is 17.2 Å². The predicted molar refractivity (Wildman–Crippen MR) is 101 cm³/mol. The number of hydrogen-bond donors (Lipinski definition) is 0. The van der Waals surface area contributed by atoms with Gasteiger partial charge in [0.15, 0.2) is 14.6 Å². The fraction of sp³-hybridized carbons (Fsp3) is 0.222. The van der Waals surface area contributed by atoms with Crippen molar-refractivity contribution in [3.05, 3.63) is 53.3 Å². The smallest absolute Gasteiger partial charge is 0.263 e. The van der Waals surface area contributed by atoms with Gasteiger partial charge in [-0.15, -0.1) is 0 Å². The molecule has 0 unspecified atom stereocenters. The minimum absolute atomic E-state index is 0.114. The largest absolute Gasteiger partial charge is 0.492 e. The van der Waals surface area contributed by atoms with Crippen LogP contribution in [0.2, 0.25) is 0 Å². The molecule has 0 atom stereocenters. The highest BCUT2D eigenvalue weighted by Crippen LogP contribution is 2.26. The normalized spacial score (nSPS) is 12.5. The minimum Gasteiger partial charge on any atom is -0.492 e. The molecule has 0 saturated heterocycles. The Morgan fingerprint density at radius 1 is 1.15 bits per heavy atom.